The van der Waals surface area contributed by atoms with Crippen molar-refractivity contribution in [3.05, 3.63) is 0 Å². The van der Waals surface area contributed by atoms with Crippen LogP contribution < -0.4 is 0 Å². The van der Waals surface area contributed by atoms with E-state index in [0.717, 1.165) is 0 Å². The predicted molar refractivity (Wildman–Crippen MR) is 38.4 cm³/mol. The summed E-state index contributed by atoms with van der Waals surface area (Å²) >= 11 is 0. The molecule has 0 N–H and O–H groups in total. The van der Waals surface area contributed by atoms with Crippen LogP contribution in [0.25, 0.3) is 0 Å². The molecule has 0 nitrogen and oxygen atoms in total. The second-order valence-corrected chi connectivity index (χ2v) is 0. The van der Waals surface area contributed by atoms with Gasteiger partial charge in [-0.15, -0.1) is 0 Å². The molecule has 0 aliphatic carbocycles. The van der Waals surface area contributed by atoms with Crippen LogP contribution >= 0.6 is 0 Å². The normalized spacial score (nSPS) is 0. The molecule has 0 aromatic rings. The van der Waals surface area contributed by atoms with Crippen molar-refractivity contribution in [3.63, 3.8) is 0 Å². The summed E-state index contributed by atoms with van der Waals surface area (Å²) < 4.78 is 0. The molecule has 29 valence electrons. The summed E-state index contributed by atoms with van der Waals surface area (Å²) in [5, 5.41) is 0. The van der Waals surface area contributed by atoms with Crippen LogP contribution in [0, 0.1) is 0 Å². The first-order valence-corrected chi connectivity index (χ1v) is 0. The summed E-state index contributed by atoms with van der Waals surface area (Å²) in [6, 6.07) is 0. The molecule has 0 aromatic heterocycles. The van der Waals surface area contributed by atoms with Crippen molar-refractivity contribution in [1.82, 2.24) is 0 Å². The quantitative estimate of drug-likeness (QED) is 0.390. The zero-order valence-corrected chi connectivity index (χ0v) is 4.44. The maximum absolute atomic E-state index is 0. The SMILES string of the molecule is [AlH3].[MgH2].[Sc].[SiH4].[SrH2].[Ti]. The summed E-state index contributed by atoms with van der Waals surface area (Å²) in [5.41, 5.74) is 0. The van der Waals surface area contributed by atoms with Gasteiger partial charge in [0.15, 0.2) is 17.4 Å². The fourth-order valence-corrected chi connectivity index (χ4v) is 0. The van der Waals surface area contributed by atoms with E-state index < -0.39 is 0 Å². The van der Waals surface area contributed by atoms with E-state index in [1.165, 1.54) is 0 Å². The first kappa shape index (κ1) is 46.3. The van der Waals surface area contributed by atoms with Crippen LogP contribution in [0.1, 0.15) is 0 Å². The predicted octanol–water partition coefficient (Wildman–Crippen LogP) is -4.47. The van der Waals surface area contributed by atoms with Gasteiger partial charge in [0.05, 0.1) is 0 Å². The van der Waals surface area contributed by atoms with E-state index in [1.54, 1.807) is 0 Å². The molecule has 6 heteroatoms. The minimum absolute atomic E-state index is 0. The van der Waals surface area contributed by atoms with Crippen molar-refractivity contribution >= 4 is 96.9 Å². The minimum Gasteiger partial charge on any atom is 0 e. The molecule has 1 radical (unpaired) electrons. The third-order valence-electron chi connectivity index (χ3n) is 0. The van der Waals surface area contributed by atoms with Crippen molar-refractivity contribution in [1.29, 1.82) is 0 Å². The molecule has 0 heterocycles. The van der Waals surface area contributed by atoms with Gasteiger partial charge in [-0.1, -0.05) is 0 Å². The summed E-state index contributed by atoms with van der Waals surface area (Å²) in [7, 11) is 0. The van der Waals surface area contributed by atoms with Crippen LogP contribution in [-0.2, 0) is 47.6 Å². The van der Waals surface area contributed by atoms with Crippen molar-refractivity contribution in [2.45, 2.75) is 0 Å². The topological polar surface area (TPSA) is 0 Å². The van der Waals surface area contributed by atoms with Gasteiger partial charge in [-0.3, -0.25) is 0 Å². The molecule has 0 spiro atoms. The Balaban J connectivity index is 0. The number of rotatable bonds is 0. The van der Waals surface area contributed by atoms with Crippen LogP contribution in [0.2, 0.25) is 0 Å². The van der Waals surface area contributed by atoms with Crippen LogP contribution in [-0.4, -0.2) is 96.9 Å². The zero-order valence-electron chi connectivity index (χ0n) is 1.08. The van der Waals surface area contributed by atoms with E-state index in [-0.39, 0.29) is 144 Å². The average Bonchev–Trinajstić information content (AvgIpc) is 0. The molecule has 0 aliphatic heterocycles. The minimum atomic E-state index is 0. The van der Waals surface area contributed by atoms with Gasteiger partial charge in [0.25, 0.3) is 0 Å². The Morgan fingerprint density at radius 1 is 1.00 bits per heavy atom. The largest absolute Gasteiger partial charge is 0 e. The monoisotopic (exact) mass is 271 g/mol. The van der Waals surface area contributed by atoms with Crippen LogP contribution in [0.15, 0.2) is 0 Å². The van der Waals surface area contributed by atoms with Gasteiger partial charge in [0, 0.05) is 47.6 Å². The van der Waals surface area contributed by atoms with Gasteiger partial charge in [-0.25, -0.2) is 0 Å². The van der Waals surface area contributed by atoms with Gasteiger partial charge in [-0.2, -0.15) is 0 Å². The molecule has 0 rings (SSSR count). The summed E-state index contributed by atoms with van der Waals surface area (Å²) in [6.45, 7) is 0. The molecule has 0 saturated heterocycles. The molecule has 0 atom stereocenters. The maximum Gasteiger partial charge on any atom is 0 e. The van der Waals surface area contributed by atoms with E-state index in [0.29, 0.717) is 0 Å². The molecular formula is H11AlMgScSiSrTi. The summed E-state index contributed by atoms with van der Waals surface area (Å²) in [5.74, 6) is 0. The summed E-state index contributed by atoms with van der Waals surface area (Å²) in [4.78, 5) is 0. The Bertz CT molecular complexity index is 15.5. The van der Waals surface area contributed by atoms with E-state index in [4.69, 9.17) is 0 Å². The molecule has 0 amide bonds. The Labute approximate surface area is 141 Å². The van der Waals surface area contributed by atoms with Gasteiger partial charge >= 0.3 is 68.5 Å². The van der Waals surface area contributed by atoms with Gasteiger partial charge in [0.2, 0.25) is 0 Å². The van der Waals surface area contributed by atoms with Gasteiger partial charge in [-0.05, 0) is 11.0 Å². The number of hydrogen-bond acceptors (Lipinski definition) is 0. The molecule has 0 fully saturated rings. The van der Waals surface area contributed by atoms with E-state index in [2.05, 4.69) is 0 Å². The Morgan fingerprint density at radius 2 is 1.00 bits per heavy atom. The first-order chi connectivity index (χ1) is 0. The molecule has 6 heavy (non-hydrogen) atoms. The fourth-order valence-electron chi connectivity index (χ4n) is 0. The smallest absolute Gasteiger partial charge is 0 e. The molecule has 0 aromatic carbocycles. The Morgan fingerprint density at radius 3 is 1.00 bits per heavy atom. The standard InChI is InChI=1S/Al.Mg.Sc.H4Si.Sr.Ti.7H/h;;;1H4;;;;;;;;;. The average molecular weight is 271 g/mol. The van der Waals surface area contributed by atoms with E-state index >= 15 is 0 Å². The second-order valence-electron chi connectivity index (χ2n) is 0. The third kappa shape index (κ3) is 23.5. The van der Waals surface area contributed by atoms with Crippen LogP contribution in [0.4, 0.5) is 0 Å². The van der Waals surface area contributed by atoms with Crippen molar-refractivity contribution < 1.29 is 47.6 Å². The van der Waals surface area contributed by atoms with Crippen LogP contribution in [0.5, 0.6) is 0 Å². The molecule has 0 aliphatic rings. The second kappa shape index (κ2) is 33.6. The molecule has 0 unspecified atom stereocenters. The molecule has 0 saturated carbocycles. The molecule has 0 bridgehead atoms. The van der Waals surface area contributed by atoms with E-state index in [9.17, 15) is 0 Å². The van der Waals surface area contributed by atoms with Gasteiger partial charge in [0.1, 0.15) is 0 Å². The maximum atomic E-state index is 0. The molecular weight excluding hydrogens is 260 g/mol. The summed E-state index contributed by atoms with van der Waals surface area (Å²) in [6.07, 6.45) is 0. The number of hydrogen-bond donors (Lipinski definition) is 0. The van der Waals surface area contributed by atoms with Crippen molar-refractivity contribution in [2.75, 3.05) is 0 Å². The van der Waals surface area contributed by atoms with Crippen LogP contribution in [0.3, 0.4) is 0 Å². The van der Waals surface area contributed by atoms with Gasteiger partial charge < -0.3 is 0 Å². The van der Waals surface area contributed by atoms with E-state index in [1.807, 2.05) is 0 Å². The third-order valence-corrected chi connectivity index (χ3v) is 0. The Hall–Kier alpha value is 4.58. The Kier molecular flexibility index (Phi) is 259. The van der Waals surface area contributed by atoms with Crippen molar-refractivity contribution in [3.8, 4) is 0 Å². The fraction of sp³-hybridized carbons (Fsp3) is 0. The van der Waals surface area contributed by atoms with Crippen molar-refractivity contribution in [2.24, 2.45) is 0 Å². The zero-order chi connectivity index (χ0) is 0. The first-order valence-electron chi connectivity index (χ1n) is 0.